The molecule has 0 radical (unpaired) electrons. The smallest absolute Gasteiger partial charge is 0.228 e. The van der Waals surface area contributed by atoms with Gasteiger partial charge in [-0.1, -0.05) is 0 Å². The highest BCUT2D eigenvalue weighted by Crippen LogP contribution is 2.07. The molecule has 0 amide bonds. The van der Waals surface area contributed by atoms with Gasteiger partial charge in [0.2, 0.25) is 5.95 Å². The van der Waals surface area contributed by atoms with Crippen molar-refractivity contribution in [2.75, 3.05) is 19.0 Å². The second-order valence-electron chi connectivity index (χ2n) is 2.63. The molecule has 0 aliphatic rings. The van der Waals surface area contributed by atoms with E-state index in [0.29, 0.717) is 17.6 Å². The Morgan fingerprint density at radius 1 is 1.00 bits per heavy atom. The first kappa shape index (κ1) is 10.5. The molecule has 1 aromatic heterocycles. The van der Waals surface area contributed by atoms with Crippen LogP contribution in [0.15, 0.2) is 0 Å². The average Bonchev–Trinajstić information content (AvgIpc) is 2.16. The van der Waals surface area contributed by atoms with Crippen molar-refractivity contribution in [2.45, 2.75) is 11.8 Å². The Morgan fingerprint density at radius 2 is 1.46 bits per heavy atom. The normalized spacial score (nSPS) is 10.2. The van der Waals surface area contributed by atoms with Crippen molar-refractivity contribution in [2.24, 2.45) is 0 Å². The van der Waals surface area contributed by atoms with Gasteiger partial charge in [0.25, 0.3) is 0 Å². The molecule has 0 aromatic carbocycles. The van der Waals surface area contributed by atoms with Crippen LogP contribution in [0.1, 0.15) is 11.6 Å². The first-order chi connectivity index (χ1) is 6.17. The summed E-state index contributed by atoms with van der Waals surface area (Å²) in [4.78, 5) is 14.1. The molecule has 0 bridgehead atoms. The van der Waals surface area contributed by atoms with Crippen LogP contribution in [0.5, 0.6) is 0 Å². The predicted octanol–water partition coefficient (Wildman–Crippen LogP) is 1.42. The van der Waals surface area contributed by atoms with E-state index in [2.05, 4.69) is 15.0 Å². The van der Waals surface area contributed by atoms with Crippen molar-refractivity contribution in [1.82, 2.24) is 15.0 Å². The van der Waals surface area contributed by atoms with E-state index in [1.807, 2.05) is 14.1 Å². The van der Waals surface area contributed by atoms with Gasteiger partial charge in [0, 0.05) is 14.1 Å². The number of hydrogen-bond acceptors (Lipinski definition) is 4. The third-order valence-electron chi connectivity index (χ3n) is 1.36. The van der Waals surface area contributed by atoms with Gasteiger partial charge in [-0.3, -0.25) is 0 Å². The molecule has 1 aromatic rings. The Bertz CT molecular complexity index is 268. The molecule has 0 spiro atoms. The molecule has 0 unspecified atom stereocenters. The molecule has 0 fully saturated rings. The standard InChI is InChI=1S/C7H10Cl2N4/c1-13(2)7-11-5(3-8)10-6(4-9)12-7/h3-4H2,1-2H3. The SMILES string of the molecule is CN(C)c1nc(CCl)nc(CCl)n1. The molecule has 0 aliphatic carbocycles. The summed E-state index contributed by atoms with van der Waals surface area (Å²) >= 11 is 11.2. The molecule has 0 atom stereocenters. The van der Waals surface area contributed by atoms with E-state index in [-0.39, 0.29) is 11.8 Å². The number of halogens is 2. The Labute approximate surface area is 86.9 Å². The second kappa shape index (κ2) is 4.58. The van der Waals surface area contributed by atoms with Crippen LogP contribution in [-0.4, -0.2) is 29.0 Å². The van der Waals surface area contributed by atoms with Crippen LogP contribution in [0, 0.1) is 0 Å². The van der Waals surface area contributed by atoms with Gasteiger partial charge >= 0.3 is 0 Å². The summed E-state index contributed by atoms with van der Waals surface area (Å²) in [6.07, 6.45) is 0. The minimum atomic E-state index is 0.271. The summed E-state index contributed by atoms with van der Waals surface area (Å²) in [7, 11) is 3.71. The molecule has 0 N–H and O–H groups in total. The lowest BCUT2D eigenvalue weighted by molar-refractivity contribution is 0.864. The maximum Gasteiger partial charge on any atom is 0.228 e. The quantitative estimate of drug-likeness (QED) is 0.723. The lowest BCUT2D eigenvalue weighted by atomic mass is 10.6. The van der Waals surface area contributed by atoms with Crippen LogP contribution in [0.4, 0.5) is 5.95 Å². The van der Waals surface area contributed by atoms with Crippen LogP contribution < -0.4 is 4.90 Å². The molecule has 1 heterocycles. The van der Waals surface area contributed by atoms with Crippen LogP contribution in [0.3, 0.4) is 0 Å². The number of nitrogens with zero attached hydrogens (tertiary/aromatic N) is 4. The lowest BCUT2D eigenvalue weighted by Gasteiger charge is -2.10. The summed E-state index contributed by atoms with van der Waals surface area (Å²) < 4.78 is 0. The molecule has 0 saturated heterocycles. The minimum absolute atomic E-state index is 0.271. The summed E-state index contributed by atoms with van der Waals surface area (Å²) in [5.74, 6) is 2.23. The summed E-state index contributed by atoms with van der Waals surface area (Å²) in [6, 6.07) is 0. The van der Waals surface area contributed by atoms with Crippen LogP contribution >= 0.6 is 23.2 Å². The van der Waals surface area contributed by atoms with E-state index in [0.717, 1.165) is 0 Å². The van der Waals surface area contributed by atoms with Crippen molar-refractivity contribution < 1.29 is 0 Å². The summed E-state index contributed by atoms with van der Waals surface area (Å²) in [5, 5.41) is 0. The topological polar surface area (TPSA) is 41.9 Å². The third-order valence-corrected chi connectivity index (χ3v) is 1.83. The van der Waals surface area contributed by atoms with Gasteiger partial charge in [0.05, 0.1) is 11.8 Å². The van der Waals surface area contributed by atoms with Crippen molar-refractivity contribution in [3.63, 3.8) is 0 Å². The molecular formula is C7H10Cl2N4. The molecule has 13 heavy (non-hydrogen) atoms. The van der Waals surface area contributed by atoms with E-state index in [1.54, 1.807) is 4.90 Å². The molecule has 72 valence electrons. The largest absolute Gasteiger partial charge is 0.347 e. The zero-order chi connectivity index (χ0) is 9.84. The van der Waals surface area contributed by atoms with Gasteiger partial charge in [-0.15, -0.1) is 23.2 Å². The van der Waals surface area contributed by atoms with Crippen molar-refractivity contribution >= 4 is 29.2 Å². The molecule has 0 saturated carbocycles. The zero-order valence-electron chi connectivity index (χ0n) is 7.46. The molecule has 6 heteroatoms. The number of anilines is 1. The number of aromatic nitrogens is 3. The first-order valence-corrected chi connectivity index (χ1v) is 4.77. The van der Waals surface area contributed by atoms with Gasteiger partial charge in [-0.25, -0.2) is 4.98 Å². The Hall–Kier alpha value is -0.610. The highest BCUT2D eigenvalue weighted by molar-refractivity contribution is 6.17. The Kier molecular flexibility index (Phi) is 3.69. The Morgan fingerprint density at radius 3 is 1.77 bits per heavy atom. The van der Waals surface area contributed by atoms with Crippen LogP contribution in [0.25, 0.3) is 0 Å². The highest BCUT2D eigenvalue weighted by Gasteiger charge is 2.05. The predicted molar refractivity (Wildman–Crippen MR) is 53.3 cm³/mol. The second-order valence-corrected chi connectivity index (χ2v) is 3.16. The fourth-order valence-electron chi connectivity index (χ4n) is 0.774. The van der Waals surface area contributed by atoms with E-state index >= 15 is 0 Å². The summed E-state index contributed by atoms with van der Waals surface area (Å²) in [5.41, 5.74) is 0. The van der Waals surface area contributed by atoms with Crippen LogP contribution in [-0.2, 0) is 11.8 Å². The number of alkyl halides is 2. The molecular weight excluding hydrogens is 211 g/mol. The van der Waals surface area contributed by atoms with Gasteiger partial charge in [-0.05, 0) is 0 Å². The van der Waals surface area contributed by atoms with E-state index in [4.69, 9.17) is 23.2 Å². The molecule has 4 nitrogen and oxygen atoms in total. The minimum Gasteiger partial charge on any atom is -0.347 e. The fourth-order valence-corrected chi connectivity index (χ4v) is 1.01. The van der Waals surface area contributed by atoms with Gasteiger partial charge in [0.1, 0.15) is 11.6 Å². The first-order valence-electron chi connectivity index (χ1n) is 3.70. The molecule has 1 rings (SSSR count). The molecule has 0 aliphatic heterocycles. The highest BCUT2D eigenvalue weighted by atomic mass is 35.5. The van der Waals surface area contributed by atoms with E-state index < -0.39 is 0 Å². The van der Waals surface area contributed by atoms with Gasteiger partial charge < -0.3 is 4.90 Å². The van der Waals surface area contributed by atoms with Gasteiger partial charge in [-0.2, -0.15) is 9.97 Å². The van der Waals surface area contributed by atoms with Crippen LogP contribution in [0.2, 0.25) is 0 Å². The van der Waals surface area contributed by atoms with Crippen molar-refractivity contribution in [3.05, 3.63) is 11.6 Å². The van der Waals surface area contributed by atoms with E-state index in [9.17, 15) is 0 Å². The third kappa shape index (κ3) is 2.67. The summed E-state index contributed by atoms with van der Waals surface area (Å²) in [6.45, 7) is 0. The van der Waals surface area contributed by atoms with Crippen molar-refractivity contribution in [1.29, 1.82) is 0 Å². The lowest BCUT2D eigenvalue weighted by Crippen LogP contribution is -2.15. The Balaban J connectivity index is 3.07. The maximum absolute atomic E-state index is 5.62. The average molecular weight is 221 g/mol. The number of hydrogen-bond donors (Lipinski definition) is 0. The van der Waals surface area contributed by atoms with Gasteiger partial charge in [0.15, 0.2) is 0 Å². The van der Waals surface area contributed by atoms with E-state index in [1.165, 1.54) is 0 Å². The maximum atomic E-state index is 5.62. The monoisotopic (exact) mass is 220 g/mol. The number of rotatable bonds is 3. The van der Waals surface area contributed by atoms with Crippen molar-refractivity contribution in [3.8, 4) is 0 Å². The fraction of sp³-hybridized carbons (Fsp3) is 0.571. The zero-order valence-corrected chi connectivity index (χ0v) is 8.97.